The number of aliphatic hydroxyl groups excluding tert-OH is 1. The smallest absolute Gasteiger partial charge is 0.306 e. The zero-order chi connectivity index (χ0) is 27.8. The van der Waals surface area contributed by atoms with Gasteiger partial charge in [-0.25, -0.2) is 0 Å². The standard InChI is InChI=1S/C34H66O4/c1-3-5-7-9-11-13-14-15-16-17-18-19-20-22-24-26-28-30-37-32-33(31-35)38-34(36)29-27-25-23-21-12-10-8-6-4-2/h16-17,33,35H,3-15,18-32H2,1-2H3/b17-16-. The molecule has 0 fully saturated rings. The van der Waals surface area contributed by atoms with Gasteiger partial charge in [0, 0.05) is 13.0 Å². The van der Waals surface area contributed by atoms with Gasteiger partial charge in [0.05, 0.1) is 13.2 Å². The van der Waals surface area contributed by atoms with Crippen LogP contribution in [0.5, 0.6) is 0 Å². The number of ether oxygens (including phenoxy) is 2. The van der Waals surface area contributed by atoms with E-state index in [2.05, 4.69) is 26.0 Å². The highest BCUT2D eigenvalue weighted by Gasteiger charge is 2.13. The predicted octanol–water partition coefficient (Wildman–Crippen LogP) is 10.3. The third-order valence-electron chi connectivity index (χ3n) is 7.34. The summed E-state index contributed by atoms with van der Waals surface area (Å²) in [4.78, 5) is 12.0. The fraction of sp³-hybridized carbons (Fsp3) is 0.912. The van der Waals surface area contributed by atoms with Gasteiger partial charge >= 0.3 is 5.97 Å². The Balaban J connectivity index is 3.41. The normalized spacial score (nSPS) is 12.4. The third-order valence-corrected chi connectivity index (χ3v) is 7.34. The molecule has 0 radical (unpaired) electrons. The van der Waals surface area contributed by atoms with Gasteiger partial charge in [0.2, 0.25) is 0 Å². The number of aliphatic hydroxyl groups is 1. The molecule has 4 nitrogen and oxygen atoms in total. The molecule has 1 N–H and O–H groups in total. The Kier molecular flexibility index (Phi) is 31.6. The van der Waals surface area contributed by atoms with Crippen LogP contribution in [0.15, 0.2) is 12.2 Å². The second kappa shape index (κ2) is 32.3. The monoisotopic (exact) mass is 538 g/mol. The van der Waals surface area contributed by atoms with Gasteiger partial charge in [-0.05, 0) is 38.5 Å². The van der Waals surface area contributed by atoms with Crippen LogP contribution in [0.3, 0.4) is 0 Å². The molecule has 0 aromatic heterocycles. The largest absolute Gasteiger partial charge is 0.457 e. The highest BCUT2D eigenvalue weighted by atomic mass is 16.6. The summed E-state index contributed by atoms with van der Waals surface area (Å²) in [6.07, 6.45) is 35.3. The van der Waals surface area contributed by atoms with Crippen LogP contribution < -0.4 is 0 Å². The highest BCUT2D eigenvalue weighted by Crippen LogP contribution is 2.12. The molecule has 1 atom stereocenters. The van der Waals surface area contributed by atoms with Crippen molar-refractivity contribution in [2.24, 2.45) is 0 Å². The summed E-state index contributed by atoms with van der Waals surface area (Å²) < 4.78 is 11.1. The molecule has 0 heterocycles. The molecule has 0 bridgehead atoms. The molecular weight excluding hydrogens is 472 g/mol. The molecule has 0 saturated carbocycles. The molecular formula is C34H66O4. The molecule has 0 saturated heterocycles. The summed E-state index contributed by atoms with van der Waals surface area (Å²) in [5.74, 6) is -0.205. The van der Waals surface area contributed by atoms with E-state index in [9.17, 15) is 9.90 Å². The minimum Gasteiger partial charge on any atom is -0.457 e. The molecule has 226 valence electrons. The summed E-state index contributed by atoms with van der Waals surface area (Å²) in [5, 5.41) is 9.49. The Morgan fingerprint density at radius 3 is 1.50 bits per heavy atom. The van der Waals surface area contributed by atoms with E-state index in [4.69, 9.17) is 9.47 Å². The van der Waals surface area contributed by atoms with Crippen molar-refractivity contribution in [1.29, 1.82) is 0 Å². The van der Waals surface area contributed by atoms with E-state index in [-0.39, 0.29) is 12.6 Å². The third kappa shape index (κ3) is 29.7. The number of unbranched alkanes of at least 4 members (excludes halogenated alkanes) is 21. The van der Waals surface area contributed by atoms with Crippen molar-refractivity contribution in [3.8, 4) is 0 Å². The quantitative estimate of drug-likeness (QED) is 0.0542. The van der Waals surface area contributed by atoms with E-state index in [1.54, 1.807) is 0 Å². The number of esters is 1. The Morgan fingerprint density at radius 2 is 1.03 bits per heavy atom. The van der Waals surface area contributed by atoms with E-state index in [1.165, 1.54) is 135 Å². The summed E-state index contributed by atoms with van der Waals surface area (Å²) in [5.41, 5.74) is 0. The van der Waals surface area contributed by atoms with Gasteiger partial charge in [0.25, 0.3) is 0 Å². The molecule has 0 rings (SSSR count). The van der Waals surface area contributed by atoms with Crippen molar-refractivity contribution >= 4 is 5.97 Å². The van der Waals surface area contributed by atoms with Crippen molar-refractivity contribution in [2.45, 2.75) is 180 Å². The lowest BCUT2D eigenvalue weighted by Gasteiger charge is -2.15. The lowest BCUT2D eigenvalue weighted by atomic mass is 10.1. The van der Waals surface area contributed by atoms with Crippen molar-refractivity contribution in [3.63, 3.8) is 0 Å². The number of carbonyl (C=O) groups excluding carboxylic acids is 1. The second-order valence-corrected chi connectivity index (χ2v) is 11.2. The van der Waals surface area contributed by atoms with E-state index < -0.39 is 6.10 Å². The first-order valence-electron chi connectivity index (χ1n) is 16.8. The molecule has 4 heteroatoms. The molecule has 0 amide bonds. The average molecular weight is 539 g/mol. The lowest BCUT2D eigenvalue weighted by Crippen LogP contribution is -2.27. The number of hydrogen-bond donors (Lipinski definition) is 1. The van der Waals surface area contributed by atoms with E-state index in [0.717, 1.165) is 19.3 Å². The van der Waals surface area contributed by atoms with Crippen molar-refractivity contribution < 1.29 is 19.4 Å². The highest BCUT2D eigenvalue weighted by molar-refractivity contribution is 5.69. The molecule has 0 aliphatic rings. The molecule has 0 aromatic carbocycles. The van der Waals surface area contributed by atoms with Gasteiger partial charge in [-0.15, -0.1) is 0 Å². The van der Waals surface area contributed by atoms with Crippen LogP contribution in [-0.4, -0.2) is 37.0 Å². The maximum absolute atomic E-state index is 12.0. The van der Waals surface area contributed by atoms with Crippen LogP contribution in [0.4, 0.5) is 0 Å². The van der Waals surface area contributed by atoms with Crippen LogP contribution in [0.1, 0.15) is 174 Å². The van der Waals surface area contributed by atoms with E-state index in [1.807, 2.05) is 0 Å². The fourth-order valence-corrected chi connectivity index (χ4v) is 4.79. The Hall–Kier alpha value is -0.870. The van der Waals surface area contributed by atoms with Crippen molar-refractivity contribution in [2.75, 3.05) is 19.8 Å². The van der Waals surface area contributed by atoms with Gasteiger partial charge < -0.3 is 14.6 Å². The topological polar surface area (TPSA) is 55.8 Å². The summed E-state index contributed by atoms with van der Waals surface area (Å²) >= 11 is 0. The SMILES string of the molecule is CCCCCCCCC/C=C\CCCCCCCCOCC(CO)OC(=O)CCCCCCCCCCC. The minimum atomic E-state index is -0.528. The van der Waals surface area contributed by atoms with Gasteiger partial charge in [0.1, 0.15) is 6.10 Å². The van der Waals surface area contributed by atoms with Crippen LogP contribution in [0.25, 0.3) is 0 Å². The molecule has 38 heavy (non-hydrogen) atoms. The zero-order valence-electron chi connectivity index (χ0n) is 25.7. The first kappa shape index (κ1) is 37.1. The number of rotatable bonds is 31. The Labute approximate surface area is 237 Å². The molecule has 0 aliphatic carbocycles. The van der Waals surface area contributed by atoms with Gasteiger partial charge in [-0.3, -0.25) is 4.79 Å². The first-order chi connectivity index (χ1) is 18.7. The van der Waals surface area contributed by atoms with Crippen LogP contribution in [0, 0.1) is 0 Å². The first-order valence-corrected chi connectivity index (χ1v) is 16.8. The second-order valence-electron chi connectivity index (χ2n) is 11.2. The van der Waals surface area contributed by atoms with Gasteiger partial charge in [-0.1, -0.05) is 142 Å². The van der Waals surface area contributed by atoms with Crippen LogP contribution in [-0.2, 0) is 14.3 Å². The maximum Gasteiger partial charge on any atom is 0.306 e. The number of carbonyl (C=O) groups is 1. The van der Waals surface area contributed by atoms with E-state index in [0.29, 0.717) is 19.6 Å². The predicted molar refractivity (Wildman–Crippen MR) is 164 cm³/mol. The Morgan fingerprint density at radius 1 is 0.605 bits per heavy atom. The number of allylic oxidation sites excluding steroid dienone is 2. The molecule has 0 spiro atoms. The lowest BCUT2D eigenvalue weighted by molar-refractivity contribution is -0.154. The number of hydrogen-bond acceptors (Lipinski definition) is 4. The average Bonchev–Trinajstić information content (AvgIpc) is 2.92. The van der Waals surface area contributed by atoms with Crippen LogP contribution in [0.2, 0.25) is 0 Å². The Bertz CT molecular complexity index is 491. The maximum atomic E-state index is 12.0. The van der Waals surface area contributed by atoms with Crippen molar-refractivity contribution in [3.05, 3.63) is 12.2 Å². The van der Waals surface area contributed by atoms with Crippen LogP contribution >= 0.6 is 0 Å². The van der Waals surface area contributed by atoms with Gasteiger partial charge in [-0.2, -0.15) is 0 Å². The molecule has 0 aliphatic heterocycles. The zero-order valence-corrected chi connectivity index (χ0v) is 25.7. The molecule has 1 unspecified atom stereocenters. The summed E-state index contributed by atoms with van der Waals surface area (Å²) in [6, 6.07) is 0. The summed E-state index contributed by atoms with van der Waals surface area (Å²) in [7, 11) is 0. The van der Waals surface area contributed by atoms with Crippen molar-refractivity contribution in [1.82, 2.24) is 0 Å². The minimum absolute atomic E-state index is 0.170. The fourth-order valence-electron chi connectivity index (χ4n) is 4.79. The molecule has 0 aromatic rings. The summed E-state index contributed by atoms with van der Waals surface area (Å²) in [6.45, 7) is 5.32. The van der Waals surface area contributed by atoms with Gasteiger partial charge in [0.15, 0.2) is 0 Å². The van der Waals surface area contributed by atoms with E-state index >= 15 is 0 Å².